The second-order valence-electron chi connectivity index (χ2n) is 6.62. The van der Waals surface area contributed by atoms with Crippen molar-refractivity contribution in [3.63, 3.8) is 0 Å². The van der Waals surface area contributed by atoms with Crippen LogP contribution in [0.5, 0.6) is 0 Å². The molecule has 5 heteroatoms. The summed E-state index contributed by atoms with van der Waals surface area (Å²) in [5.74, 6) is -0.0803. The normalized spacial score (nSPS) is 26.3. The summed E-state index contributed by atoms with van der Waals surface area (Å²) in [6, 6.07) is 6.37. The molecular weight excluding hydrogens is 289 g/mol. The highest BCUT2D eigenvalue weighted by Crippen LogP contribution is 2.35. The van der Waals surface area contributed by atoms with Crippen molar-refractivity contribution in [3.8, 4) is 0 Å². The van der Waals surface area contributed by atoms with Crippen molar-refractivity contribution in [2.75, 3.05) is 6.26 Å². The first-order valence-corrected chi connectivity index (χ1v) is 9.36. The van der Waals surface area contributed by atoms with Crippen molar-refractivity contribution in [3.05, 3.63) is 35.6 Å². The topological polar surface area (TPSA) is 60.2 Å². The zero-order chi connectivity index (χ0) is 15.7. The summed E-state index contributed by atoms with van der Waals surface area (Å²) in [7, 11) is -3.00. The van der Waals surface area contributed by atoms with Crippen molar-refractivity contribution in [2.24, 2.45) is 11.7 Å². The Hall–Kier alpha value is -0.940. The SMILES string of the molecule is CC(N)(Cc1ccc(F)cc1)C1CCCC(S(C)(=O)=O)C1. The lowest BCUT2D eigenvalue weighted by Crippen LogP contribution is -2.49. The van der Waals surface area contributed by atoms with Gasteiger partial charge in [0.25, 0.3) is 0 Å². The summed E-state index contributed by atoms with van der Waals surface area (Å²) in [6.07, 6.45) is 5.18. The molecule has 0 aromatic heterocycles. The average molecular weight is 313 g/mol. The van der Waals surface area contributed by atoms with Gasteiger partial charge in [-0.1, -0.05) is 18.6 Å². The molecule has 1 fully saturated rings. The quantitative estimate of drug-likeness (QED) is 0.929. The van der Waals surface area contributed by atoms with Crippen LogP contribution in [0.1, 0.15) is 38.2 Å². The number of hydrogen-bond acceptors (Lipinski definition) is 3. The molecule has 0 aliphatic heterocycles. The summed E-state index contributed by atoms with van der Waals surface area (Å²) in [5, 5.41) is -0.271. The Morgan fingerprint density at radius 1 is 1.29 bits per heavy atom. The number of sulfone groups is 1. The molecule has 118 valence electrons. The maximum absolute atomic E-state index is 13.0. The molecular formula is C16H24FNO2S. The maximum Gasteiger partial charge on any atom is 0.150 e. The van der Waals surface area contributed by atoms with E-state index in [2.05, 4.69) is 0 Å². The molecule has 2 N–H and O–H groups in total. The predicted molar refractivity (Wildman–Crippen MR) is 83.3 cm³/mol. The van der Waals surface area contributed by atoms with Crippen molar-refractivity contribution in [1.82, 2.24) is 0 Å². The zero-order valence-corrected chi connectivity index (χ0v) is 13.5. The van der Waals surface area contributed by atoms with Gasteiger partial charge in [0.2, 0.25) is 0 Å². The van der Waals surface area contributed by atoms with Crippen LogP contribution in [0.4, 0.5) is 4.39 Å². The van der Waals surface area contributed by atoms with E-state index in [1.165, 1.54) is 18.4 Å². The highest BCUT2D eigenvalue weighted by molar-refractivity contribution is 7.91. The van der Waals surface area contributed by atoms with Gasteiger partial charge in [-0.3, -0.25) is 0 Å². The van der Waals surface area contributed by atoms with E-state index in [-0.39, 0.29) is 17.0 Å². The van der Waals surface area contributed by atoms with Crippen LogP contribution in [0.2, 0.25) is 0 Å². The van der Waals surface area contributed by atoms with E-state index in [0.717, 1.165) is 24.8 Å². The number of benzene rings is 1. The maximum atomic E-state index is 13.0. The first-order valence-electron chi connectivity index (χ1n) is 7.41. The Bertz CT molecular complexity index is 581. The molecule has 0 spiro atoms. The first-order chi connectivity index (χ1) is 9.68. The van der Waals surface area contributed by atoms with Gasteiger partial charge in [-0.15, -0.1) is 0 Å². The number of rotatable bonds is 4. The molecule has 0 radical (unpaired) electrons. The minimum absolute atomic E-state index is 0.177. The molecule has 1 aromatic rings. The molecule has 2 rings (SSSR count). The van der Waals surface area contributed by atoms with Gasteiger partial charge in [0.1, 0.15) is 15.7 Å². The Morgan fingerprint density at radius 2 is 1.90 bits per heavy atom. The van der Waals surface area contributed by atoms with Gasteiger partial charge in [-0.25, -0.2) is 12.8 Å². The van der Waals surface area contributed by atoms with E-state index < -0.39 is 15.4 Å². The number of hydrogen-bond donors (Lipinski definition) is 1. The van der Waals surface area contributed by atoms with Crippen LogP contribution in [0.3, 0.4) is 0 Å². The second kappa shape index (κ2) is 6.05. The molecule has 1 aromatic carbocycles. The molecule has 3 atom stereocenters. The van der Waals surface area contributed by atoms with Crippen molar-refractivity contribution in [2.45, 2.75) is 49.8 Å². The van der Waals surface area contributed by atoms with E-state index in [0.29, 0.717) is 12.8 Å². The molecule has 0 amide bonds. The molecule has 3 nitrogen and oxygen atoms in total. The Morgan fingerprint density at radius 3 is 2.48 bits per heavy atom. The van der Waals surface area contributed by atoms with E-state index in [1.54, 1.807) is 12.1 Å². The molecule has 1 saturated carbocycles. The summed E-state index contributed by atoms with van der Waals surface area (Å²) in [6.45, 7) is 1.98. The Labute approximate surface area is 126 Å². The minimum Gasteiger partial charge on any atom is -0.325 e. The summed E-state index contributed by atoms with van der Waals surface area (Å²) < 4.78 is 36.5. The lowest BCUT2D eigenvalue weighted by atomic mass is 9.73. The van der Waals surface area contributed by atoms with Crippen LogP contribution in [-0.2, 0) is 16.3 Å². The summed E-state index contributed by atoms with van der Waals surface area (Å²) in [4.78, 5) is 0. The fourth-order valence-electron chi connectivity index (χ4n) is 3.32. The van der Waals surface area contributed by atoms with Crippen LogP contribution in [0.15, 0.2) is 24.3 Å². The third-order valence-electron chi connectivity index (χ3n) is 4.66. The number of halogens is 1. The molecule has 0 bridgehead atoms. The third kappa shape index (κ3) is 4.27. The second-order valence-corrected chi connectivity index (χ2v) is 8.95. The molecule has 0 heterocycles. The van der Waals surface area contributed by atoms with Crippen LogP contribution in [0, 0.1) is 11.7 Å². The molecule has 1 aliphatic carbocycles. The Balaban J connectivity index is 2.09. The standard InChI is InChI=1S/C16H24FNO2S/c1-16(18,11-12-6-8-14(17)9-7-12)13-4-3-5-15(10-13)21(2,19)20/h6-9,13,15H,3-5,10-11,18H2,1-2H3. The monoisotopic (exact) mass is 313 g/mol. The van der Waals surface area contributed by atoms with Crippen LogP contribution in [0.25, 0.3) is 0 Å². The highest BCUT2D eigenvalue weighted by atomic mass is 32.2. The van der Waals surface area contributed by atoms with Crippen LogP contribution < -0.4 is 5.73 Å². The average Bonchev–Trinajstić information content (AvgIpc) is 2.40. The van der Waals surface area contributed by atoms with Gasteiger partial charge in [-0.2, -0.15) is 0 Å². The van der Waals surface area contributed by atoms with E-state index in [9.17, 15) is 12.8 Å². The largest absolute Gasteiger partial charge is 0.325 e. The fraction of sp³-hybridized carbons (Fsp3) is 0.625. The van der Waals surface area contributed by atoms with Crippen molar-refractivity contribution >= 4 is 9.84 Å². The zero-order valence-electron chi connectivity index (χ0n) is 12.7. The van der Waals surface area contributed by atoms with Gasteiger partial charge in [0, 0.05) is 11.8 Å². The van der Waals surface area contributed by atoms with Crippen LogP contribution in [-0.4, -0.2) is 25.5 Å². The molecule has 21 heavy (non-hydrogen) atoms. The van der Waals surface area contributed by atoms with Crippen molar-refractivity contribution < 1.29 is 12.8 Å². The smallest absolute Gasteiger partial charge is 0.150 e. The summed E-state index contributed by atoms with van der Waals surface area (Å²) in [5.41, 5.74) is 7.00. The highest BCUT2D eigenvalue weighted by Gasteiger charge is 2.37. The molecule has 3 unspecified atom stereocenters. The third-order valence-corrected chi connectivity index (χ3v) is 6.30. The first kappa shape index (κ1) is 16.4. The van der Waals surface area contributed by atoms with Gasteiger partial charge in [-0.05, 0) is 56.2 Å². The van der Waals surface area contributed by atoms with Crippen LogP contribution >= 0.6 is 0 Å². The molecule has 1 aliphatic rings. The van der Waals surface area contributed by atoms with Gasteiger partial charge in [0.05, 0.1) is 5.25 Å². The number of nitrogens with two attached hydrogens (primary N) is 1. The van der Waals surface area contributed by atoms with Gasteiger partial charge < -0.3 is 5.73 Å². The Kier molecular flexibility index (Phi) is 4.73. The van der Waals surface area contributed by atoms with Gasteiger partial charge in [0.15, 0.2) is 0 Å². The van der Waals surface area contributed by atoms with E-state index in [1.807, 2.05) is 6.92 Å². The summed E-state index contributed by atoms with van der Waals surface area (Å²) >= 11 is 0. The predicted octanol–water partition coefficient (Wildman–Crippen LogP) is 2.69. The van der Waals surface area contributed by atoms with E-state index in [4.69, 9.17) is 5.73 Å². The molecule has 0 saturated heterocycles. The lowest BCUT2D eigenvalue weighted by molar-refractivity contribution is 0.222. The van der Waals surface area contributed by atoms with E-state index >= 15 is 0 Å². The fourth-order valence-corrected chi connectivity index (χ4v) is 4.50. The van der Waals surface area contributed by atoms with Gasteiger partial charge >= 0.3 is 0 Å². The van der Waals surface area contributed by atoms with Crippen molar-refractivity contribution in [1.29, 1.82) is 0 Å². The minimum atomic E-state index is -3.00. The lowest BCUT2D eigenvalue weighted by Gasteiger charge is -2.39.